The van der Waals surface area contributed by atoms with E-state index in [1.165, 1.54) is 0 Å². The molecule has 0 aromatic rings. The van der Waals surface area contributed by atoms with Crippen LogP contribution in [0.25, 0.3) is 0 Å². The predicted octanol–water partition coefficient (Wildman–Crippen LogP) is 1.11. The van der Waals surface area contributed by atoms with Crippen LogP contribution in [0.2, 0.25) is 0 Å². The molecule has 0 aromatic heterocycles. The molecule has 0 aliphatic carbocycles. The van der Waals surface area contributed by atoms with Gasteiger partial charge in [0.25, 0.3) is 0 Å². The Balaban J connectivity index is 1.87. The van der Waals surface area contributed by atoms with Crippen LogP contribution < -0.4 is 0 Å². The first-order valence-electron chi connectivity index (χ1n) is 5.26. The maximum atomic E-state index is 11.4. The molecule has 2 atom stereocenters. The average Bonchev–Trinajstić information content (AvgIpc) is 2.59. The number of hydrogen-bond donors (Lipinski definition) is 0. The number of halogens is 1. The summed E-state index contributed by atoms with van der Waals surface area (Å²) in [4.78, 5) is 13.8. The minimum absolute atomic E-state index is 0.00891. The van der Waals surface area contributed by atoms with Gasteiger partial charge in [-0.3, -0.25) is 4.79 Å². The number of carbonyl (C=O) groups is 1. The molecule has 2 fully saturated rings. The molecule has 4 heteroatoms. The van der Waals surface area contributed by atoms with Crippen molar-refractivity contribution in [2.24, 2.45) is 11.8 Å². The number of rotatable bonds is 3. The van der Waals surface area contributed by atoms with E-state index in [9.17, 15) is 4.79 Å². The quantitative estimate of drug-likeness (QED) is 0.524. The molecule has 0 unspecified atom stereocenters. The molecule has 0 spiro atoms. The molecule has 0 bridgehead atoms. The van der Waals surface area contributed by atoms with Gasteiger partial charge >= 0.3 is 5.97 Å². The van der Waals surface area contributed by atoms with E-state index >= 15 is 0 Å². The summed E-state index contributed by atoms with van der Waals surface area (Å²) in [7, 11) is 0. The van der Waals surface area contributed by atoms with Crippen molar-refractivity contribution in [1.82, 2.24) is 4.90 Å². The summed E-state index contributed by atoms with van der Waals surface area (Å²) < 4.78 is 5.05. The third-order valence-electron chi connectivity index (χ3n) is 3.16. The highest BCUT2D eigenvalue weighted by molar-refractivity contribution is 6.17. The lowest BCUT2D eigenvalue weighted by molar-refractivity contribution is -0.154. The highest BCUT2D eigenvalue weighted by atomic mass is 35.5. The van der Waals surface area contributed by atoms with Crippen molar-refractivity contribution < 1.29 is 9.53 Å². The number of cyclic esters (lactones) is 1. The van der Waals surface area contributed by atoms with Crippen molar-refractivity contribution in [3.8, 4) is 0 Å². The molecule has 0 amide bonds. The molecule has 2 saturated heterocycles. The van der Waals surface area contributed by atoms with E-state index in [1.54, 1.807) is 0 Å². The van der Waals surface area contributed by atoms with Crippen molar-refractivity contribution in [3.63, 3.8) is 0 Å². The summed E-state index contributed by atoms with van der Waals surface area (Å²) in [6, 6.07) is 0. The third kappa shape index (κ3) is 2.04. The molecule has 0 radical (unpaired) electrons. The van der Waals surface area contributed by atoms with Gasteiger partial charge < -0.3 is 9.64 Å². The number of hydrogen-bond acceptors (Lipinski definition) is 3. The predicted molar refractivity (Wildman–Crippen MR) is 54.3 cm³/mol. The van der Waals surface area contributed by atoms with Gasteiger partial charge in [-0.15, -0.1) is 11.6 Å². The number of esters is 1. The van der Waals surface area contributed by atoms with Crippen molar-refractivity contribution in [2.45, 2.75) is 12.8 Å². The number of nitrogens with zero attached hydrogens (tertiary/aromatic N) is 1. The van der Waals surface area contributed by atoms with E-state index in [4.69, 9.17) is 16.3 Å². The topological polar surface area (TPSA) is 29.5 Å². The van der Waals surface area contributed by atoms with Crippen molar-refractivity contribution >= 4 is 17.6 Å². The van der Waals surface area contributed by atoms with Crippen LogP contribution >= 0.6 is 11.6 Å². The molecule has 2 aliphatic heterocycles. The van der Waals surface area contributed by atoms with Gasteiger partial charge in [0.05, 0.1) is 12.5 Å². The molecule has 80 valence electrons. The minimum Gasteiger partial charge on any atom is -0.465 e. The number of fused-ring (bicyclic) bond motifs is 1. The van der Waals surface area contributed by atoms with E-state index < -0.39 is 0 Å². The molecule has 0 N–H and O–H groups in total. The fourth-order valence-electron chi connectivity index (χ4n) is 2.40. The summed E-state index contributed by atoms with van der Waals surface area (Å²) in [6.45, 7) is 3.56. The van der Waals surface area contributed by atoms with Crippen molar-refractivity contribution in [3.05, 3.63) is 0 Å². The molecular weight excluding hydrogens is 202 g/mol. The summed E-state index contributed by atoms with van der Waals surface area (Å²) in [5, 5.41) is 0. The van der Waals surface area contributed by atoms with E-state index in [0.717, 1.165) is 32.5 Å². The third-order valence-corrected chi connectivity index (χ3v) is 3.43. The van der Waals surface area contributed by atoms with Gasteiger partial charge in [-0.25, -0.2) is 0 Å². The second kappa shape index (κ2) is 4.49. The number of alkyl halides is 1. The van der Waals surface area contributed by atoms with Crippen molar-refractivity contribution in [1.29, 1.82) is 0 Å². The van der Waals surface area contributed by atoms with Gasteiger partial charge in [0.15, 0.2) is 0 Å². The van der Waals surface area contributed by atoms with Crippen LogP contribution in [0.3, 0.4) is 0 Å². The van der Waals surface area contributed by atoms with Crippen LogP contribution in [0.5, 0.6) is 0 Å². The van der Waals surface area contributed by atoms with Gasteiger partial charge in [0.1, 0.15) is 0 Å². The second-order valence-electron chi connectivity index (χ2n) is 4.12. The Morgan fingerprint density at radius 1 is 1.50 bits per heavy atom. The van der Waals surface area contributed by atoms with Gasteiger partial charge in [0.2, 0.25) is 0 Å². The lowest BCUT2D eigenvalue weighted by Gasteiger charge is -2.22. The molecule has 2 rings (SSSR count). The van der Waals surface area contributed by atoms with E-state index in [2.05, 4.69) is 4.90 Å². The molecule has 2 heterocycles. The van der Waals surface area contributed by atoms with Crippen LogP contribution in [0.1, 0.15) is 12.8 Å². The van der Waals surface area contributed by atoms with Crippen LogP contribution in [-0.4, -0.2) is 43.0 Å². The number of ether oxygens (including phenoxy) is 1. The van der Waals surface area contributed by atoms with Crippen molar-refractivity contribution in [2.75, 3.05) is 32.1 Å². The Morgan fingerprint density at radius 3 is 3.07 bits per heavy atom. The zero-order chi connectivity index (χ0) is 9.97. The monoisotopic (exact) mass is 217 g/mol. The molecule has 2 aliphatic rings. The van der Waals surface area contributed by atoms with E-state index in [0.29, 0.717) is 18.4 Å². The number of likely N-dealkylation sites (tertiary alicyclic amines) is 1. The summed E-state index contributed by atoms with van der Waals surface area (Å²) >= 11 is 5.64. The van der Waals surface area contributed by atoms with Crippen LogP contribution in [0, 0.1) is 11.8 Å². The SMILES string of the molecule is O=C1OCC[C@@H]2CN(CCCCl)C[C@@H]12. The van der Waals surface area contributed by atoms with Gasteiger partial charge in [-0.05, 0) is 25.3 Å². The summed E-state index contributed by atoms with van der Waals surface area (Å²) in [5.74, 6) is 1.39. The molecular formula is C10H16ClNO2. The normalized spacial score (nSPS) is 32.8. The standard InChI is InChI=1S/C10H16ClNO2/c11-3-1-4-12-6-8-2-5-14-10(13)9(8)7-12/h8-9H,1-7H2/t8-,9-/m1/s1. The van der Waals surface area contributed by atoms with Crippen LogP contribution in [0.4, 0.5) is 0 Å². The van der Waals surface area contributed by atoms with Crippen LogP contribution in [0.15, 0.2) is 0 Å². The Bertz CT molecular complexity index is 222. The maximum absolute atomic E-state index is 11.4. The first-order valence-corrected chi connectivity index (χ1v) is 5.79. The lowest BCUT2D eigenvalue weighted by Crippen LogP contribution is -2.31. The number of carbonyl (C=O) groups excluding carboxylic acids is 1. The maximum Gasteiger partial charge on any atom is 0.310 e. The molecule has 3 nitrogen and oxygen atoms in total. The largest absolute Gasteiger partial charge is 0.465 e. The smallest absolute Gasteiger partial charge is 0.310 e. The Morgan fingerprint density at radius 2 is 2.36 bits per heavy atom. The Kier molecular flexibility index (Phi) is 3.29. The zero-order valence-electron chi connectivity index (χ0n) is 8.25. The Labute approximate surface area is 89.4 Å². The van der Waals surface area contributed by atoms with Gasteiger partial charge in [-0.2, -0.15) is 0 Å². The first-order chi connectivity index (χ1) is 6.81. The highest BCUT2D eigenvalue weighted by Gasteiger charge is 2.40. The first kappa shape index (κ1) is 10.2. The lowest BCUT2D eigenvalue weighted by atomic mass is 9.91. The Hall–Kier alpha value is -0.280. The van der Waals surface area contributed by atoms with E-state index in [1.807, 2.05) is 0 Å². The molecule has 14 heavy (non-hydrogen) atoms. The summed E-state index contributed by atoms with van der Waals surface area (Å²) in [6.07, 6.45) is 2.05. The molecule has 0 aromatic carbocycles. The highest BCUT2D eigenvalue weighted by Crippen LogP contribution is 2.30. The van der Waals surface area contributed by atoms with Gasteiger partial charge in [0, 0.05) is 19.0 Å². The van der Waals surface area contributed by atoms with E-state index in [-0.39, 0.29) is 11.9 Å². The van der Waals surface area contributed by atoms with Crippen LogP contribution in [-0.2, 0) is 9.53 Å². The fraction of sp³-hybridized carbons (Fsp3) is 0.900. The second-order valence-corrected chi connectivity index (χ2v) is 4.50. The fourth-order valence-corrected chi connectivity index (χ4v) is 2.52. The van der Waals surface area contributed by atoms with Gasteiger partial charge in [-0.1, -0.05) is 0 Å². The average molecular weight is 218 g/mol. The minimum atomic E-state index is 0.00891. The molecule has 0 saturated carbocycles. The zero-order valence-corrected chi connectivity index (χ0v) is 9.00. The summed E-state index contributed by atoms with van der Waals surface area (Å²) in [5.41, 5.74) is 0.